The first-order valence-corrected chi connectivity index (χ1v) is 5.60. The Morgan fingerprint density at radius 1 is 1.58 bits per heavy atom. The van der Waals surface area contributed by atoms with Crippen LogP contribution in [0.2, 0.25) is 0 Å². The Morgan fingerprint density at radius 2 is 2.33 bits per heavy atom. The van der Waals surface area contributed by atoms with Crippen LogP contribution in [0.3, 0.4) is 0 Å². The highest BCUT2D eigenvalue weighted by molar-refractivity contribution is 9.10. The highest BCUT2D eigenvalue weighted by atomic mass is 79.9. The van der Waals surface area contributed by atoms with E-state index in [2.05, 4.69) is 22.0 Å². The van der Waals surface area contributed by atoms with Crippen molar-refractivity contribution in [2.45, 2.75) is 24.7 Å². The maximum absolute atomic E-state index is 9.07. The SMILES string of the molecule is N#CC1(c2sccc2Br)CCC1. The summed E-state index contributed by atoms with van der Waals surface area (Å²) in [6.07, 6.45) is 3.25. The van der Waals surface area contributed by atoms with E-state index in [4.69, 9.17) is 5.26 Å². The van der Waals surface area contributed by atoms with Gasteiger partial charge >= 0.3 is 0 Å². The first-order valence-electron chi connectivity index (χ1n) is 3.93. The predicted octanol–water partition coefficient (Wildman–Crippen LogP) is 3.46. The normalized spacial score (nSPS) is 19.7. The maximum Gasteiger partial charge on any atom is 0.0926 e. The maximum atomic E-state index is 9.07. The molecule has 0 saturated heterocycles. The van der Waals surface area contributed by atoms with Gasteiger partial charge < -0.3 is 0 Å². The first kappa shape index (κ1) is 8.28. The molecule has 2 rings (SSSR count). The van der Waals surface area contributed by atoms with Crippen LogP contribution in [0.25, 0.3) is 0 Å². The molecular weight excluding hydrogens is 234 g/mol. The van der Waals surface area contributed by atoms with Crippen LogP contribution in [0.1, 0.15) is 24.1 Å². The fourth-order valence-corrected chi connectivity index (χ4v) is 3.52. The largest absolute Gasteiger partial charge is 0.197 e. The summed E-state index contributed by atoms with van der Waals surface area (Å²) in [4.78, 5) is 1.22. The third-order valence-electron chi connectivity index (χ3n) is 2.47. The number of hydrogen-bond donors (Lipinski definition) is 0. The molecule has 12 heavy (non-hydrogen) atoms. The number of thiophene rings is 1. The van der Waals surface area contributed by atoms with E-state index in [1.807, 2.05) is 11.4 Å². The number of nitrogens with zero attached hydrogens (tertiary/aromatic N) is 1. The third-order valence-corrected chi connectivity index (χ3v) is 4.51. The number of nitriles is 1. The summed E-state index contributed by atoms with van der Waals surface area (Å²) < 4.78 is 1.11. The van der Waals surface area contributed by atoms with E-state index in [1.165, 1.54) is 11.3 Å². The molecule has 1 aliphatic rings. The van der Waals surface area contributed by atoms with Crippen LogP contribution < -0.4 is 0 Å². The summed E-state index contributed by atoms with van der Waals surface area (Å²) in [5, 5.41) is 11.1. The monoisotopic (exact) mass is 241 g/mol. The van der Waals surface area contributed by atoms with Crippen molar-refractivity contribution in [2.75, 3.05) is 0 Å². The summed E-state index contributed by atoms with van der Waals surface area (Å²) in [5.41, 5.74) is -0.146. The fourth-order valence-electron chi connectivity index (χ4n) is 1.56. The van der Waals surface area contributed by atoms with E-state index in [1.54, 1.807) is 11.3 Å². The smallest absolute Gasteiger partial charge is 0.0926 e. The van der Waals surface area contributed by atoms with Crippen molar-refractivity contribution in [3.8, 4) is 6.07 Å². The molecule has 1 aromatic heterocycles. The summed E-state index contributed by atoms with van der Waals surface area (Å²) in [7, 11) is 0. The topological polar surface area (TPSA) is 23.8 Å². The summed E-state index contributed by atoms with van der Waals surface area (Å²) in [5.74, 6) is 0. The molecule has 0 amide bonds. The van der Waals surface area contributed by atoms with E-state index in [0.29, 0.717) is 0 Å². The van der Waals surface area contributed by atoms with Gasteiger partial charge in [-0.05, 0) is 46.6 Å². The summed E-state index contributed by atoms with van der Waals surface area (Å²) in [6, 6.07) is 4.46. The van der Waals surface area contributed by atoms with Crippen molar-refractivity contribution in [1.29, 1.82) is 5.26 Å². The van der Waals surface area contributed by atoms with Crippen molar-refractivity contribution in [3.05, 3.63) is 20.8 Å². The van der Waals surface area contributed by atoms with Crippen LogP contribution >= 0.6 is 27.3 Å². The second-order valence-electron chi connectivity index (χ2n) is 3.15. The lowest BCUT2D eigenvalue weighted by atomic mass is 9.69. The first-order chi connectivity index (χ1) is 5.78. The molecule has 1 fully saturated rings. The number of rotatable bonds is 1. The molecule has 0 aliphatic heterocycles. The molecule has 1 heterocycles. The molecule has 0 aromatic carbocycles. The van der Waals surface area contributed by atoms with Crippen LogP contribution in [-0.4, -0.2) is 0 Å². The van der Waals surface area contributed by atoms with Crippen LogP contribution in [0.4, 0.5) is 0 Å². The minimum Gasteiger partial charge on any atom is -0.197 e. The molecule has 1 aromatic rings. The van der Waals surface area contributed by atoms with Gasteiger partial charge in [0.15, 0.2) is 0 Å². The second kappa shape index (κ2) is 2.86. The van der Waals surface area contributed by atoms with Gasteiger partial charge in [-0.25, -0.2) is 0 Å². The van der Waals surface area contributed by atoms with Gasteiger partial charge in [0.25, 0.3) is 0 Å². The highest BCUT2D eigenvalue weighted by Crippen LogP contribution is 2.47. The van der Waals surface area contributed by atoms with Crippen LogP contribution in [0, 0.1) is 11.3 Å². The Balaban J connectivity index is 2.42. The summed E-state index contributed by atoms with van der Waals surface area (Å²) >= 11 is 5.16. The fraction of sp³-hybridized carbons (Fsp3) is 0.444. The molecule has 1 nitrogen and oxygen atoms in total. The standard InChI is InChI=1S/C9H8BrNS/c10-7-2-5-12-8(7)9(6-11)3-1-4-9/h2,5H,1,3-4H2. The van der Waals surface area contributed by atoms with Gasteiger partial charge in [-0.1, -0.05) is 0 Å². The zero-order valence-corrected chi connectivity index (χ0v) is 8.91. The van der Waals surface area contributed by atoms with E-state index < -0.39 is 0 Å². The zero-order chi connectivity index (χ0) is 8.60. The van der Waals surface area contributed by atoms with Gasteiger partial charge in [0.2, 0.25) is 0 Å². The molecule has 1 aliphatic carbocycles. The number of hydrogen-bond acceptors (Lipinski definition) is 2. The molecule has 3 heteroatoms. The molecule has 0 bridgehead atoms. The van der Waals surface area contributed by atoms with Gasteiger partial charge in [-0.3, -0.25) is 0 Å². The molecule has 0 radical (unpaired) electrons. The van der Waals surface area contributed by atoms with Crippen LogP contribution in [0.5, 0.6) is 0 Å². The Morgan fingerprint density at radius 3 is 2.67 bits per heavy atom. The van der Waals surface area contributed by atoms with Gasteiger partial charge in [0.05, 0.1) is 11.5 Å². The van der Waals surface area contributed by atoms with Crippen molar-refractivity contribution in [3.63, 3.8) is 0 Å². The molecule has 0 spiro atoms. The second-order valence-corrected chi connectivity index (χ2v) is 4.92. The molecule has 0 N–H and O–H groups in total. The van der Waals surface area contributed by atoms with Crippen LogP contribution in [0.15, 0.2) is 15.9 Å². The van der Waals surface area contributed by atoms with Gasteiger partial charge in [0.1, 0.15) is 0 Å². The Kier molecular flexibility index (Phi) is 1.97. The predicted molar refractivity (Wildman–Crippen MR) is 53.2 cm³/mol. The minimum absolute atomic E-state index is 0.146. The molecular formula is C9H8BrNS. The van der Waals surface area contributed by atoms with Crippen molar-refractivity contribution < 1.29 is 0 Å². The lowest BCUT2D eigenvalue weighted by molar-refractivity contribution is 0.329. The van der Waals surface area contributed by atoms with Gasteiger partial charge in [-0.15, -0.1) is 11.3 Å². The van der Waals surface area contributed by atoms with Crippen LogP contribution in [-0.2, 0) is 5.41 Å². The van der Waals surface area contributed by atoms with Crippen molar-refractivity contribution >= 4 is 27.3 Å². The van der Waals surface area contributed by atoms with Crippen molar-refractivity contribution in [1.82, 2.24) is 0 Å². The van der Waals surface area contributed by atoms with Crippen molar-refractivity contribution in [2.24, 2.45) is 0 Å². The average Bonchev–Trinajstić information content (AvgIpc) is 2.36. The third kappa shape index (κ3) is 1.02. The molecule has 0 unspecified atom stereocenters. The minimum atomic E-state index is -0.146. The zero-order valence-electron chi connectivity index (χ0n) is 6.51. The average molecular weight is 242 g/mol. The van der Waals surface area contributed by atoms with Gasteiger partial charge in [0, 0.05) is 9.35 Å². The summed E-state index contributed by atoms with van der Waals surface area (Å²) in [6.45, 7) is 0. The van der Waals surface area contributed by atoms with E-state index in [9.17, 15) is 0 Å². The quantitative estimate of drug-likeness (QED) is 0.739. The van der Waals surface area contributed by atoms with E-state index >= 15 is 0 Å². The lowest BCUT2D eigenvalue weighted by Crippen LogP contribution is -2.31. The Bertz CT molecular complexity index is 333. The molecule has 0 atom stereocenters. The van der Waals surface area contributed by atoms with Gasteiger partial charge in [-0.2, -0.15) is 5.26 Å². The Labute approximate surface area is 84.2 Å². The Hall–Kier alpha value is -0.330. The van der Waals surface area contributed by atoms with E-state index in [-0.39, 0.29) is 5.41 Å². The molecule has 1 saturated carbocycles. The highest BCUT2D eigenvalue weighted by Gasteiger charge is 2.41. The number of halogens is 1. The lowest BCUT2D eigenvalue weighted by Gasteiger charge is -2.34. The molecule has 62 valence electrons. The van der Waals surface area contributed by atoms with E-state index in [0.717, 1.165) is 17.3 Å².